The van der Waals surface area contributed by atoms with Crippen molar-refractivity contribution in [3.05, 3.63) is 51.5 Å². The number of nitrogens with two attached hydrogens (primary N) is 1. The Bertz CT molecular complexity index is 705. The number of halogens is 3. The molecule has 1 amide bonds. The average Bonchev–Trinajstić information content (AvgIpc) is 2.84. The molecule has 0 aliphatic heterocycles. The van der Waals surface area contributed by atoms with Gasteiger partial charge in [-0.3, -0.25) is 4.79 Å². The number of hydrogen-bond acceptors (Lipinski definition) is 3. The highest BCUT2D eigenvalue weighted by molar-refractivity contribution is 7.14. The molecule has 0 spiro atoms. The Morgan fingerprint density at radius 1 is 1.23 bits per heavy atom. The van der Waals surface area contributed by atoms with Crippen molar-refractivity contribution in [2.24, 2.45) is 5.73 Å². The number of amides is 1. The highest BCUT2D eigenvalue weighted by Gasteiger charge is 2.47. The molecule has 1 aliphatic carbocycles. The first-order valence-electron chi connectivity index (χ1n) is 6.78. The van der Waals surface area contributed by atoms with Crippen LogP contribution in [0.15, 0.2) is 30.3 Å². The summed E-state index contributed by atoms with van der Waals surface area (Å²) in [6.07, 6.45) is -2.32. The van der Waals surface area contributed by atoms with Crippen LogP contribution in [0.1, 0.15) is 45.2 Å². The molecule has 116 valence electrons. The normalized spacial score (nSPS) is 17.0. The van der Waals surface area contributed by atoms with E-state index in [9.17, 15) is 18.0 Å². The molecule has 7 heteroatoms. The van der Waals surface area contributed by atoms with E-state index in [1.54, 1.807) is 0 Å². The van der Waals surface area contributed by atoms with Crippen LogP contribution in [0.3, 0.4) is 0 Å². The number of hydrogen-bond donors (Lipinski definition) is 1. The summed E-state index contributed by atoms with van der Waals surface area (Å²) < 4.78 is 39.2. The molecule has 1 aromatic heterocycles. The molecule has 0 bridgehead atoms. The SMILES string of the molecule is NC(=O)c1sc(C2(c3ccccc3)CCC2)nc1C(F)(F)F. The van der Waals surface area contributed by atoms with Gasteiger partial charge >= 0.3 is 6.18 Å². The van der Waals surface area contributed by atoms with E-state index in [4.69, 9.17) is 5.73 Å². The molecule has 3 rings (SSSR count). The third-order valence-electron chi connectivity index (χ3n) is 4.06. The van der Waals surface area contributed by atoms with Crippen LogP contribution in [-0.4, -0.2) is 10.9 Å². The van der Waals surface area contributed by atoms with Crippen LogP contribution in [0, 0.1) is 0 Å². The molecule has 1 heterocycles. The predicted octanol–water partition coefficient (Wildman–Crippen LogP) is 3.73. The Morgan fingerprint density at radius 2 is 1.86 bits per heavy atom. The summed E-state index contributed by atoms with van der Waals surface area (Å²) >= 11 is 0.766. The number of aromatic nitrogens is 1. The van der Waals surface area contributed by atoms with E-state index in [0.717, 1.165) is 36.2 Å². The van der Waals surface area contributed by atoms with Gasteiger partial charge in [-0.25, -0.2) is 4.98 Å². The van der Waals surface area contributed by atoms with Gasteiger partial charge in [0.05, 0.1) is 0 Å². The van der Waals surface area contributed by atoms with Crippen molar-refractivity contribution >= 4 is 17.2 Å². The molecule has 3 nitrogen and oxygen atoms in total. The third-order valence-corrected chi connectivity index (χ3v) is 5.34. The molecule has 0 radical (unpaired) electrons. The monoisotopic (exact) mass is 326 g/mol. The minimum atomic E-state index is -4.68. The molecule has 0 atom stereocenters. The fourth-order valence-electron chi connectivity index (χ4n) is 2.80. The molecule has 22 heavy (non-hydrogen) atoms. The van der Waals surface area contributed by atoms with Crippen LogP contribution in [0.2, 0.25) is 0 Å². The van der Waals surface area contributed by atoms with E-state index in [-0.39, 0.29) is 0 Å². The van der Waals surface area contributed by atoms with Crippen LogP contribution in [0.25, 0.3) is 0 Å². The van der Waals surface area contributed by atoms with Crippen LogP contribution in [0.5, 0.6) is 0 Å². The lowest BCUT2D eigenvalue weighted by Gasteiger charge is -2.40. The topological polar surface area (TPSA) is 56.0 Å². The lowest BCUT2D eigenvalue weighted by molar-refractivity contribution is -0.141. The number of benzene rings is 1. The van der Waals surface area contributed by atoms with Gasteiger partial charge in [-0.2, -0.15) is 13.2 Å². The third kappa shape index (κ3) is 2.29. The maximum atomic E-state index is 13.1. The number of carbonyl (C=O) groups is 1. The summed E-state index contributed by atoms with van der Waals surface area (Å²) in [5.41, 5.74) is 4.34. The summed E-state index contributed by atoms with van der Waals surface area (Å²) in [5, 5.41) is 0.325. The van der Waals surface area contributed by atoms with Crippen molar-refractivity contribution in [2.75, 3.05) is 0 Å². The van der Waals surface area contributed by atoms with E-state index in [1.807, 2.05) is 30.3 Å². The Balaban J connectivity index is 2.14. The van der Waals surface area contributed by atoms with Gasteiger partial charge in [0.15, 0.2) is 5.69 Å². The van der Waals surface area contributed by atoms with Gasteiger partial charge in [-0.15, -0.1) is 11.3 Å². The zero-order valence-electron chi connectivity index (χ0n) is 11.5. The number of rotatable bonds is 3. The number of primary amides is 1. The standard InChI is InChI=1S/C15H13F3N2OS/c16-15(17,18)11-10(12(19)21)22-13(20-11)14(7-4-8-14)9-5-2-1-3-6-9/h1-3,5-6H,4,7-8H2,(H2,19,21). The highest BCUT2D eigenvalue weighted by atomic mass is 32.1. The van der Waals surface area contributed by atoms with Gasteiger partial charge in [0.2, 0.25) is 0 Å². The minimum absolute atomic E-state index is 0.325. The first kappa shape index (κ1) is 15.0. The highest BCUT2D eigenvalue weighted by Crippen LogP contribution is 2.51. The van der Waals surface area contributed by atoms with Gasteiger partial charge in [-0.05, 0) is 18.4 Å². The van der Waals surface area contributed by atoms with Gasteiger partial charge in [0.25, 0.3) is 5.91 Å². The second-order valence-corrected chi connectivity index (χ2v) is 6.36. The fraction of sp³-hybridized carbons (Fsp3) is 0.333. The smallest absolute Gasteiger partial charge is 0.365 e. The van der Waals surface area contributed by atoms with E-state index in [1.165, 1.54) is 0 Å². The second kappa shape index (κ2) is 5.08. The Labute approximate surface area is 129 Å². The van der Waals surface area contributed by atoms with E-state index < -0.39 is 28.1 Å². The maximum absolute atomic E-state index is 13.1. The largest absolute Gasteiger partial charge is 0.435 e. The summed E-state index contributed by atoms with van der Waals surface area (Å²) in [5.74, 6) is -1.08. The molecule has 2 aromatic rings. The molecular formula is C15H13F3N2OS. The summed E-state index contributed by atoms with van der Waals surface area (Å²) in [4.78, 5) is 14.6. The predicted molar refractivity (Wildman–Crippen MR) is 76.7 cm³/mol. The number of nitrogens with zero attached hydrogens (tertiary/aromatic N) is 1. The molecular weight excluding hydrogens is 313 g/mol. The number of thiazole rings is 1. The van der Waals surface area contributed by atoms with Gasteiger partial charge in [0.1, 0.15) is 9.88 Å². The molecule has 0 unspecified atom stereocenters. The van der Waals surface area contributed by atoms with Gasteiger partial charge < -0.3 is 5.73 Å². The van der Waals surface area contributed by atoms with Crippen molar-refractivity contribution in [3.8, 4) is 0 Å². The van der Waals surface area contributed by atoms with Gasteiger partial charge in [-0.1, -0.05) is 36.8 Å². The van der Waals surface area contributed by atoms with Crippen molar-refractivity contribution in [1.29, 1.82) is 0 Å². The summed E-state index contributed by atoms with van der Waals surface area (Å²) in [7, 11) is 0. The number of alkyl halides is 3. The molecule has 1 aromatic carbocycles. The number of carbonyl (C=O) groups excluding carboxylic acids is 1. The first-order chi connectivity index (χ1) is 10.3. The van der Waals surface area contributed by atoms with E-state index in [2.05, 4.69) is 4.98 Å². The quantitative estimate of drug-likeness (QED) is 0.934. The van der Waals surface area contributed by atoms with Crippen molar-refractivity contribution in [2.45, 2.75) is 30.9 Å². The van der Waals surface area contributed by atoms with Crippen molar-refractivity contribution in [3.63, 3.8) is 0 Å². The van der Waals surface area contributed by atoms with E-state index in [0.29, 0.717) is 5.01 Å². The van der Waals surface area contributed by atoms with Crippen LogP contribution >= 0.6 is 11.3 Å². The zero-order valence-corrected chi connectivity index (χ0v) is 12.3. The summed E-state index contributed by atoms with van der Waals surface area (Å²) in [6.45, 7) is 0. The van der Waals surface area contributed by atoms with Crippen molar-refractivity contribution < 1.29 is 18.0 Å². The van der Waals surface area contributed by atoms with Crippen molar-refractivity contribution in [1.82, 2.24) is 4.98 Å². The second-order valence-electron chi connectivity index (χ2n) is 5.36. The summed E-state index contributed by atoms with van der Waals surface area (Å²) in [6, 6.07) is 9.33. The Morgan fingerprint density at radius 3 is 2.27 bits per heavy atom. The van der Waals surface area contributed by atoms with Gasteiger partial charge in [0, 0.05) is 5.41 Å². The maximum Gasteiger partial charge on any atom is 0.435 e. The lowest BCUT2D eigenvalue weighted by atomic mass is 9.65. The minimum Gasteiger partial charge on any atom is -0.365 e. The van der Waals surface area contributed by atoms with E-state index >= 15 is 0 Å². The molecule has 0 saturated heterocycles. The van der Waals surface area contributed by atoms with Crippen LogP contribution in [0.4, 0.5) is 13.2 Å². The van der Waals surface area contributed by atoms with Crippen LogP contribution < -0.4 is 5.73 Å². The molecule has 1 saturated carbocycles. The Kier molecular flexibility index (Phi) is 3.47. The molecule has 1 fully saturated rings. The molecule has 1 aliphatic rings. The fourth-order valence-corrected chi connectivity index (χ4v) is 4.00. The average molecular weight is 326 g/mol. The Hall–Kier alpha value is -1.89. The van der Waals surface area contributed by atoms with Crippen LogP contribution in [-0.2, 0) is 11.6 Å². The lowest BCUT2D eigenvalue weighted by Crippen LogP contribution is -2.35. The first-order valence-corrected chi connectivity index (χ1v) is 7.60. The zero-order chi connectivity index (χ0) is 16.0. The molecule has 2 N–H and O–H groups in total.